The normalized spacial score (nSPS) is 10.7. The molecule has 6 nitrogen and oxygen atoms in total. The highest BCUT2D eigenvalue weighted by Gasteiger charge is 2.11. The molecule has 0 aromatic heterocycles. The molecule has 1 amide bonds. The van der Waals surface area contributed by atoms with E-state index < -0.39 is 0 Å². The average molecular weight is 353 g/mol. The largest absolute Gasteiger partial charge is 0.490 e. The van der Waals surface area contributed by atoms with Gasteiger partial charge in [-0.05, 0) is 58.5 Å². The predicted octanol–water partition coefficient (Wildman–Crippen LogP) is 2.54. The summed E-state index contributed by atoms with van der Waals surface area (Å²) >= 11 is 5.08. The standard InChI is InChI=1S/C17H27N3O3S/c1-5-22-13-9-6-7-10-14(13)23-12-8-11-15(21)19-20-16(24)18-17(2,3)4/h6-7,9-10H,5,8,11-12H2,1-4H3,(H,19,21)(H2,18,20,24). The van der Waals surface area contributed by atoms with Crippen molar-refractivity contribution in [2.24, 2.45) is 0 Å². The Balaban J connectivity index is 2.23. The minimum atomic E-state index is -0.156. The molecule has 0 saturated carbocycles. The van der Waals surface area contributed by atoms with Crippen molar-refractivity contribution < 1.29 is 14.3 Å². The van der Waals surface area contributed by atoms with Gasteiger partial charge in [-0.1, -0.05) is 12.1 Å². The topological polar surface area (TPSA) is 71.6 Å². The molecule has 0 atom stereocenters. The summed E-state index contributed by atoms with van der Waals surface area (Å²) in [6.07, 6.45) is 0.926. The van der Waals surface area contributed by atoms with Gasteiger partial charge < -0.3 is 14.8 Å². The van der Waals surface area contributed by atoms with Crippen molar-refractivity contribution in [3.8, 4) is 11.5 Å². The Morgan fingerprint density at radius 3 is 2.33 bits per heavy atom. The van der Waals surface area contributed by atoms with E-state index in [0.29, 0.717) is 42.7 Å². The lowest BCUT2D eigenvalue weighted by Crippen LogP contribution is -2.52. The molecule has 0 unspecified atom stereocenters. The van der Waals surface area contributed by atoms with Gasteiger partial charge in [0.15, 0.2) is 16.6 Å². The summed E-state index contributed by atoms with van der Waals surface area (Å²) in [6.45, 7) is 8.90. The number of para-hydroxylation sites is 2. The van der Waals surface area contributed by atoms with Crippen LogP contribution in [0.4, 0.5) is 0 Å². The van der Waals surface area contributed by atoms with Crippen molar-refractivity contribution in [3.63, 3.8) is 0 Å². The SMILES string of the molecule is CCOc1ccccc1OCCCC(=O)NNC(=S)NC(C)(C)C. The molecule has 0 spiro atoms. The van der Waals surface area contributed by atoms with Crippen LogP contribution in [0.3, 0.4) is 0 Å². The molecule has 0 aliphatic heterocycles. The monoisotopic (exact) mass is 353 g/mol. The average Bonchev–Trinajstić information content (AvgIpc) is 2.49. The van der Waals surface area contributed by atoms with Crippen molar-refractivity contribution in [1.82, 2.24) is 16.2 Å². The molecule has 0 saturated heterocycles. The van der Waals surface area contributed by atoms with E-state index in [0.717, 1.165) is 0 Å². The molecule has 134 valence electrons. The summed E-state index contributed by atoms with van der Waals surface area (Å²) < 4.78 is 11.2. The molecular weight excluding hydrogens is 326 g/mol. The number of amides is 1. The van der Waals surface area contributed by atoms with Crippen molar-refractivity contribution in [2.45, 2.75) is 46.1 Å². The Bertz CT molecular complexity index is 544. The van der Waals surface area contributed by atoms with Crippen molar-refractivity contribution in [1.29, 1.82) is 0 Å². The zero-order chi connectivity index (χ0) is 18.0. The van der Waals surface area contributed by atoms with Crippen LogP contribution in [0, 0.1) is 0 Å². The van der Waals surface area contributed by atoms with Crippen LogP contribution in [-0.2, 0) is 4.79 Å². The maximum atomic E-state index is 11.8. The first-order chi connectivity index (χ1) is 11.3. The molecule has 3 N–H and O–H groups in total. The zero-order valence-electron chi connectivity index (χ0n) is 14.8. The summed E-state index contributed by atoms with van der Waals surface area (Å²) in [5, 5.41) is 3.44. The highest BCUT2D eigenvalue weighted by Crippen LogP contribution is 2.26. The fourth-order valence-corrected chi connectivity index (χ4v) is 2.18. The van der Waals surface area contributed by atoms with Gasteiger partial charge in [0.1, 0.15) is 0 Å². The van der Waals surface area contributed by atoms with E-state index in [2.05, 4.69) is 16.2 Å². The molecule has 1 rings (SSSR count). The zero-order valence-corrected chi connectivity index (χ0v) is 15.6. The third-order valence-corrected chi connectivity index (χ3v) is 2.96. The number of ether oxygens (including phenoxy) is 2. The van der Waals surface area contributed by atoms with Gasteiger partial charge in [0.25, 0.3) is 0 Å². The summed E-state index contributed by atoms with van der Waals surface area (Å²) in [6, 6.07) is 7.49. The number of hydrogen-bond acceptors (Lipinski definition) is 4. The van der Waals surface area contributed by atoms with Gasteiger partial charge >= 0.3 is 0 Å². The smallest absolute Gasteiger partial charge is 0.238 e. The van der Waals surface area contributed by atoms with Crippen LogP contribution in [0.25, 0.3) is 0 Å². The maximum absolute atomic E-state index is 11.8. The van der Waals surface area contributed by atoms with E-state index in [1.165, 1.54) is 0 Å². The van der Waals surface area contributed by atoms with Crippen LogP contribution in [0.5, 0.6) is 11.5 Å². The Morgan fingerprint density at radius 1 is 1.12 bits per heavy atom. The van der Waals surface area contributed by atoms with Crippen LogP contribution >= 0.6 is 12.2 Å². The Morgan fingerprint density at radius 2 is 1.75 bits per heavy atom. The number of thiocarbonyl (C=S) groups is 1. The fraction of sp³-hybridized carbons (Fsp3) is 0.529. The van der Waals surface area contributed by atoms with Gasteiger partial charge in [0.05, 0.1) is 13.2 Å². The van der Waals surface area contributed by atoms with Gasteiger partial charge in [-0.2, -0.15) is 0 Å². The van der Waals surface area contributed by atoms with Crippen molar-refractivity contribution in [3.05, 3.63) is 24.3 Å². The molecule has 7 heteroatoms. The summed E-state index contributed by atoms with van der Waals surface area (Å²) in [7, 11) is 0. The first-order valence-electron chi connectivity index (χ1n) is 8.03. The van der Waals surface area contributed by atoms with Crippen LogP contribution < -0.4 is 25.6 Å². The third kappa shape index (κ3) is 8.57. The van der Waals surface area contributed by atoms with E-state index >= 15 is 0 Å². The number of carbonyl (C=O) groups is 1. The molecule has 0 radical (unpaired) electrons. The molecule has 0 heterocycles. The second-order valence-electron chi connectivity index (χ2n) is 6.21. The summed E-state index contributed by atoms with van der Waals surface area (Å²) in [4.78, 5) is 11.8. The fourth-order valence-electron chi connectivity index (χ4n) is 1.82. The Labute approximate surface area is 149 Å². The number of nitrogens with one attached hydrogen (secondary N) is 3. The van der Waals surface area contributed by atoms with Crippen LogP contribution in [0.15, 0.2) is 24.3 Å². The molecule has 0 bridgehead atoms. The number of hydrazine groups is 1. The molecule has 0 aliphatic rings. The summed E-state index contributed by atoms with van der Waals surface area (Å²) in [5.74, 6) is 1.26. The lowest BCUT2D eigenvalue weighted by Gasteiger charge is -2.23. The van der Waals surface area contributed by atoms with Crippen LogP contribution in [0.2, 0.25) is 0 Å². The molecule has 1 aromatic carbocycles. The number of carbonyl (C=O) groups excluding carboxylic acids is 1. The lowest BCUT2D eigenvalue weighted by molar-refractivity contribution is -0.121. The lowest BCUT2D eigenvalue weighted by atomic mass is 10.1. The van der Waals surface area contributed by atoms with E-state index in [9.17, 15) is 4.79 Å². The minimum absolute atomic E-state index is 0.144. The maximum Gasteiger partial charge on any atom is 0.238 e. The molecule has 0 aliphatic carbocycles. The molecule has 24 heavy (non-hydrogen) atoms. The molecule has 1 aromatic rings. The minimum Gasteiger partial charge on any atom is -0.490 e. The van der Waals surface area contributed by atoms with Gasteiger partial charge in [-0.3, -0.25) is 15.6 Å². The number of benzene rings is 1. The Kier molecular flexibility index (Phi) is 8.32. The van der Waals surface area contributed by atoms with E-state index in [1.807, 2.05) is 52.0 Å². The second kappa shape index (κ2) is 9.97. The Hall–Kier alpha value is -2.02. The number of hydrogen-bond donors (Lipinski definition) is 3. The van der Waals surface area contributed by atoms with E-state index in [4.69, 9.17) is 21.7 Å². The van der Waals surface area contributed by atoms with E-state index in [1.54, 1.807) is 0 Å². The van der Waals surface area contributed by atoms with Gasteiger partial charge in [0.2, 0.25) is 5.91 Å². The van der Waals surface area contributed by atoms with Gasteiger partial charge in [-0.15, -0.1) is 0 Å². The van der Waals surface area contributed by atoms with Crippen molar-refractivity contribution in [2.75, 3.05) is 13.2 Å². The number of rotatable bonds is 7. The molecular formula is C17H27N3O3S. The van der Waals surface area contributed by atoms with Crippen molar-refractivity contribution >= 4 is 23.2 Å². The van der Waals surface area contributed by atoms with Crippen LogP contribution in [-0.4, -0.2) is 29.8 Å². The quantitative estimate of drug-likeness (QED) is 0.397. The van der Waals surface area contributed by atoms with Gasteiger partial charge in [0, 0.05) is 12.0 Å². The van der Waals surface area contributed by atoms with E-state index in [-0.39, 0.29) is 11.4 Å². The summed E-state index contributed by atoms with van der Waals surface area (Å²) in [5.41, 5.74) is 5.09. The third-order valence-electron chi connectivity index (χ3n) is 2.76. The predicted molar refractivity (Wildman–Crippen MR) is 99.1 cm³/mol. The first kappa shape index (κ1) is 20.0. The first-order valence-corrected chi connectivity index (χ1v) is 8.44. The van der Waals surface area contributed by atoms with Crippen LogP contribution in [0.1, 0.15) is 40.5 Å². The highest BCUT2D eigenvalue weighted by atomic mass is 32.1. The highest BCUT2D eigenvalue weighted by molar-refractivity contribution is 7.80. The second-order valence-corrected chi connectivity index (χ2v) is 6.62. The molecule has 0 fully saturated rings. The van der Waals surface area contributed by atoms with Gasteiger partial charge in [-0.25, -0.2) is 0 Å².